The molecule has 0 aromatic heterocycles. The van der Waals surface area contributed by atoms with Crippen molar-refractivity contribution in [1.29, 1.82) is 0 Å². The fourth-order valence-electron chi connectivity index (χ4n) is 1.93. The summed E-state index contributed by atoms with van der Waals surface area (Å²) in [5, 5.41) is 0. The number of para-hydroxylation sites is 1. The maximum Gasteiger partial charge on any atom is 0.123 e. The van der Waals surface area contributed by atoms with Crippen LogP contribution in [0.3, 0.4) is 0 Å². The number of ether oxygens (including phenoxy) is 1. The van der Waals surface area contributed by atoms with Crippen molar-refractivity contribution in [2.24, 2.45) is 5.73 Å². The molecule has 0 saturated carbocycles. The molecule has 15 heavy (non-hydrogen) atoms. The van der Waals surface area contributed by atoms with Gasteiger partial charge in [0.2, 0.25) is 0 Å². The van der Waals surface area contributed by atoms with E-state index in [-0.39, 0.29) is 0 Å². The number of hydrogen-bond acceptors (Lipinski definition) is 3. The lowest BCUT2D eigenvalue weighted by atomic mass is 10.2. The lowest BCUT2D eigenvalue weighted by molar-refractivity contribution is 0.162. The predicted molar refractivity (Wildman–Crippen MR) is 60.9 cm³/mol. The summed E-state index contributed by atoms with van der Waals surface area (Å²) >= 11 is 0. The fourth-order valence-corrected chi connectivity index (χ4v) is 1.93. The molecule has 1 heterocycles. The molecule has 1 aromatic carbocycles. The average molecular weight is 206 g/mol. The van der Waals surface area contributed by atoms with Gasteiger partial charge in [0.1, 0.15) is 12.4 Å². The van der Waals surface area contributed by atoms with Crippen molar-refractivity contribution < 1.29 is 4.74 Å². The van der Waals surface area contributed by atoms with Crippen LogP contribution in [0.1, 0.15) is 12.5 Å². The molecule has 1 atom stereocenters. The Hall–Kier alpha value is -1.06. The second-order valence-electron chi connectivity index (χ2n) is 4.03. The Balaban J connectivity index is 2.19. The van der Waals surface area contributed by atoms with Gasteiger partial charge in [-0.3, -0.25) is 4.90 Å². The zero-order valence-corrected chi connectivity index (χ0v) is 9.15. The van der Waals surface area contributed by atoms with Crippen LogP contribution in [-0.2, 0) is 6.54 Å². The summed E-state index contributed by atoms with van der Waals surface area (Å²) in [6.45, 7) is 5.50. The van der Waals surface area contributed by atoms with Gasteiger partial charge in [-0.1, -0.05) is 18.2 Å². The Kier molecular flexibility index (Phi) is 3.23. The predicted octanol–water partition coefficient (Wildman–Crippen LogP) is 1.23. The lowest BCUT2D eigenvalue weighted by Crippen LogP contribution is -2.38. The van der Waals surface area contributed by atoms with Crippen LogP contribution in [0, 0.1) is 0 Å². The molecule has 0 bridgehead atoms. The molecule has 1 unspecified atom stereocenters. The van der Waals surface area contributed by atoms with E-state index in [4.69, 9.17) is 10.5 Å². The maximum absolute atomic E-state index is 5.75. The minimum Gasteiger partial charge on any atom is -0.492 e. The number of nitrogens with two attached hydrogens (primary N) is 1. The van der Waals surface area contributed by atoms with Crippen molar-refractivity contribution in [1.82, 2.24) is 4.90 Å². The largest absolute Gasteiger partial charge is 0.492 e. The summed E-state index contributed by atoms with van der Waals surface area (Å²) in [7, 11) is 0. The number of fused-ring (bicyclic) bond motifs is 1. The van der Waals surface area contributed by atoms with Gasteiger partial charge >= 0.3 is 0 Å². The molecule has 3 heteroatoms. The first-order valence-electron chi connectivity index (χ1n) is 5.46. The Morgan fingerprint density at radius 1 is 1.47 bits per heavy atom. The summed E-state index contributed by atoms with van der Waals surface area (Å²) in [4.78, 5) is 2.37. The molecule has 0 saturated heterocycles. The molecule has 0 amide bonds. The van der Waals surface area contributed by atoms with Crippen LogP contribution in [0.4, 0.5) is 0 Å². The molecular formula is C12H18N2O. The highest BCUT2D eigenvalue weighted by atomic mass is 16.5. The van der Waals surface area contributed by atoms with Crippen molar-refractivity contribution >= 4 is 0 Å². The van der Waals surface area contributed by atoms with Gasteiger partial charge < -0.3 is 10.5 Å². The van der Waals surface area contributed by atoms with Crippen molar-refractivity contribution in [3.8, 4) is 5.75 Å². The maximum atomic E-state index is 5.75. The summed E-state index contributed by atoms with van der Waals surface area (Å²) in [5.41, 5.74) is 6.87. The standard InChI is InChI=1S/C12H18N2O/c1-10-9-15-12-5-3-2-4-11(12)8-14(10)7-6-13/h2-5,10H,6-9,13H2,1H3. The first kappa shape index (κ1) is 10.5. The molecule has 1 aliphatic heterocycles. The minimum atomic E-state index is 0.431. The molecule has 1 aliphatic rings. The second kappa shape index (κ2) is 4.64. The van der Waals surface area contributed by atoms with Crippen LogP contribution in [0.2, 0.25) is 0 Å². The van der Waals surface area contributed by atoms with Crippen LogP contribution in [0.5, 0.6) is 5.75 Å². The fraction of sp³-hybridized carbons (Fsp3) is 0.500. The average Bonchev–Trinajstić information content (AvgIpc) is 2.41. The molecule has 3 nitrogen and oxygen atoms in total. The van der Waals surface area contributed by atoms with Crippen LogP contribution in [0.15, 0.2) is 24.3 Å². The van der Waals surface area contributed by atoms with Gasteiger partial charge in [0, 0.05) is 31.2 Å². The van der Waals surface area contributed by atoms with Crippen molar-refractivity contribution in [2.75, 3.05) is 19.7 Å². The SMILES string of the molecule is CC1COc2ccccc2CN1CCN. The zero-order chi connectivity index (χ0) is 10.7. The summed E-state index contributed by atoms with van der Waals surface area (Å²) in [6, 6.07) is 8.66. The number of hydrogen-bond donors (Lipinski definition) is 1. The number of benzene rings is 1. The van der Waals surface area contributed by atoms with Crippen molar-refractivity contribution in [3.05, 3.63) is 29.8 Å². The first-order chi connectivity index (χ1) is 7.31. The number of rotatable bonds is 2. The van der Waals surface area contributed by atoms with Crippen LogP contribution in [0.25, 0.3) is 0 Å². The molecule has 2 rings (SSSR count). The second-order valence-corrected chi connectivity index (χ2v) is 4.03. The zero-order valence-electron chi connectivity index (χ0n) is 9.15. The van der Waals surface area contributed by atoms with E-state index < -0.39 is 0 Å². The van der Waals surface area contributed by atoms with Gasteiger partial charge in [-0.2, -0.15) is 0 Å². The van der Waals surface area contributed by atoms with Crippen LogP contribution < -0.4 is 10.5 Å². The van der Waals surface area contributed by atoms with E-state index in [1.54, 1.807) is 0 Å². The summed E-state index contributed by atoms with van der Waals surface area (Å²) in [5.74, 6) is 1.02. The Morgan fingerprint density at radius 3 is 3.07 bits per heavy atom. The van der Waals surface area contributed by atoms with E-state index in [0.29, 0.717) is 12.6 Å². The summed E-state index contributed by atoms with van der Waals surface area (Å²) < 4.78 is 5.75. The van der Waals surface area contributed by atoms with Crippen molar-refractivity contribution in [2.45, 2.75) is 19.5 Å². The normalized spacial score (nSPS) is 21.6. The third-order valence-corrected chi connectivity index (χ3v) is 2.87. The van der Waals surface area contributed by atoms with Gasteiger partial charge in [-0.05, 0) is 13.0 Å². The smallest absolute Gasteiger partial charge is 0.123 e. The molecule has 0 radical (unpaired) electrons. The number of nitrogens with zero attached hydrogens (tertiary/aromatic N) is 1. The first-order valence-corrected chi connectivity index (χ1v) is 5.46. The summed E-state index contributed by atoms with van der Waals surface area (Å²) in [6.07, 6.45) is 0. The highest BCUT2D eigenvalue weighted by Gasteiger charge is 2.19. The third kappa shape index (κ3) is 2.30. The van der Waals surface area contributed by atoms with E-state index in [2.05, 4.69) is 24.0 Å². The van der Waals surface area contributed by atoms with Crippen molar-refractivity contribution in [3.63, 3.8) is 0 Å². The van der Waals surface area contributed by atoms with Crippen LogP contribution in [-0.4, -0.2) is 30.6 Å². The molecule has 0 fully saturated rings. The molecular weight excluding hydrogens is 188 g/mol. The highest BCUT2D eigenvalue weighted by molar-refractivity contribution is 5.33. The van der Waals surface area contributed by atoms with E-state index >= 15 is 0 Å². The Bertz CT molecular complexity index is 327. The lowest BCUT2D eigenvalue weighted by Gasteiger charge is -2.25. The van der Waals surface area contributed by atoms with Gasteiger partial charge in [0.15, 0.2) is 0 Å². The topological polar surface area (TPSA) is 38.5 Å². The van der Waals surface area contributed by atoms with Gasteiger partial charge in [0.05, 0.1) is 0 Å². The minimum absolute atomic E-state index is 0.431. The van der Waals surface area contributed by atoms with E-state index in [1.807, 2.05) is 12.1 Å². The monoisotopic (exact) mass is 206 g/mol. The van der Waals surface area contributed by atoms with E-state index in [9.17, 15) is 0 Å². The molecule has 0 spiro atoms. The van der Waals surface area contributed by atoms with Crippen LogP contribution >= 0.6 is 0 Å². The van der Waals surface area contributed by atoms with Gasteiger partial charge in [0.25, 0.3) is 0 Å². The molecule has 2 N–H and O–H groups in total. The van der Waals surface area contributed by atoms with Gasteiger partial charge in [-0.25, -0.2) is 0 Å². The van der Waals surface area contributed by atoms with E-state index in [0.717, 1.165) is 25.4 Å². The van der Waals surface area contributed by atoms with Gasteiger partial charge in [-0.15, -0.1) is 0 Å². The molecule has 82 valence electrons. The molecule has 1 aromatic rings. The Labute approximate surface area is 90.8 Å². The molecule has 0 aliphatic carbocycles. The highest BCUT2D eigenvalue weighted by Crippen LogP contribution is 2.24. The quantitative estimate of drug-likeness (QED) is 0.791. The third-order valence-electron chi connectivity index (χ3n) is 2.87. The Morgan fingerprint density at radius 2 is 2.27 bits per heavy atom. The van der Waals surface area contributed by atoms with E-state index in [1.165, 1.54) is 5.56 Å².